The minimum Gasteiger partial charge on any atom is -0.355 e. The summed E-state index contributed by atoms with van der Waals surface area (Å²) >= 11 is 0. The molecular weight excluding hydrogens is 212 g/mol. The lowest BCUT2D eigenvalue weighted by atomic mass is 9.98. The lowest BCUT2D eigenvalue weighted by Gasteiger charge is -2.20. The van der Waals surface area contributed by atoms with E-state index in [1.54, 1.807) is 0 Å². The minimum atomic E-state index is 0.252. The summed E-state index contributed by atoms with van der Waals surface area (Å²) in [6.45, 7) is 8.44. The molecule has 1 rings (SSSR count). The molecule has 100 valence electrons. The van der Waals surface area contributed by atoms with Crippen LogP contribution in [0.15, 0.2) is 0 Å². The largest absolute Gasteiger partial charge is 0.355 e. The van der Waals surface area contributed by atoms with E-state index < -0.39 is 0 Å². The van der Waals surface area contributed by atoms with Gasteiger partial charge in [0.15, 0.2) is 0 Å². The minimum absolute atomic E-state index is 0.252. The molecule has 17 heavy (non-hydrogen) atoms. The van der Waals surface area contributed by atoms with Gasteiger partial charge in [-0.3, -0.25) is 4.79 Å². The molecule has 1 fully saturated rings. The first kappa shape index (κ1) is 14.5. The van der Waals surface area contributed by atoms with Gasteiger partial charge in [-0.25, -0.2) is 0 Å². The smallest absolute Gasteiger partial charge is 0.223 e. The van der Waals surface area contributed by atoms with Crippen molar-refractivity contribution >= 4 is 5.91 Å². The van der Waals surface area contributed by atoms with Crippen LogP contribution in [0.4, 0.5) is 0 Å². The Kier molecular flexibility index (Phi) is 6.56. The van der Waals surface area contributed by atoms with Crippen LogP contribution in [-0.2, 0) is 4.79 Å². The Labute approximate surface area is 106 Å². The molecule has 0 radical (unpaired) electrons. The summed E-state index contributed by atoms with van der Waals surface area (Å²) in [6, 6.07) is 0.600. The third-order valence-electron chi connectivity index (χ3n) is 3.68. The van der Waals surface area contributed by atoms with E-state index in [-0.39, 0.29) is 5.91 Å². The highest BCUT2D eigenvalue weighted by molar-refractivity contribution is 5.80. The molecule has 0 heterocycles. The summed E-state index contributed by atoms with van der Waals surface area (Å²) in [5.74, 6) is 1.37. The van der Waals surface area contributed by atoms with Crippen LogP contribution < -0.4 is 10.6 Å². The molecule has 3 heteroatoms. The number of hydrogen-bond donors (Lipinski definition) is 2. The van der Waals surface area contributed by atoms with Crippen LogP contribution in [0, 0.1) is 11.8 Å². The van der Waals surface area contributed by atoms with Crippen molar-refractivity contribution in [2.45, 2.75) is 58.9 Å². The summed E-state index contributed by atoms with van der Waals surface area (Å²) in [5.41, 5.74) is 0. The van der Waals surface area contributed by atoms with Crippen molar-refractivity contribution < 1.29 is 4.79 Å². The molecule has 0 spiro atoms. The van der Waals surface area contributed by atoms with Gasteiger partial charge in [0.1, 0.15) is 0 Å². The zero-order valence-corrected chi connectivity index (χ0v) is 11.6. The average molecular weight is 240 g/mol. The molecule has 3 nitrogen and oxygen atoms in total. The van der Waals surface area contributed by atoms with Crippen LogP contribution in [0.1, 0.15) is 52.9 Å². The first-order valence-corrected chi connectivity index (χ1v) is 7.18. The van der Waals surface area contributed by atoms with Crippen LogP contribution in [0.5, 0.6) is 0 Å². The van der Waals surface area contributed by atoms with E-state index in [0.717, 1.165) is 31.8 Å². The van der Waals surface area contributed by atoms with E-state index >= 15 is 0 Å². The number of rotatable bonds is 9. The fourth-order valence-electron chi connectivity index (χ4n) is 2.00. The van der Waals surface area contributed by atoms with Crippen molar-refractivity contribution in [3.63, 3.8) is 0 Å². The molecule has 1 saturated carbocycles. The van der Waals surface area contributed by atoms with E-state index in [1.165, 1.54) is 19.3 Å². The second kappa shape index (κ2) is 7.70. The van der Waals surface area contributed by atoms with Crippen LogP contribution in [0.3, 0.4) is 0 Å². The Balaban J connectivity index is 2.04. The zero-order chi connectivity index (χ0) is 12.7. The van der Waals surface area contributed by atoms with Gasteiger partial charge in [0.05, 0.1) is 0 Å². The maximum Gasteiger partial charge on any atom is 0.223 e. The molecule has 2 N–H and O–H groups in total. The summed E-state index contributed by atoms with van der Waals surface area (Å²) in [7, 11) is 0. The van der Waals surface area contributed by atoms with E-state index in [0.29, 0.717) is 12.0 Å². The number of hydrogen-bond acceptors (Lipinski definition) is 2. The second-order valence-electron chi connectivity index (χ2n) is 5.37. The van der Waals surface area contributed by atoms with Crippen molar-refractivity contribution in [2.75, 3.05) is 13.1 Å². The molecule has 0 bridgehead atoms. The first-order valence-electron chi connectivity index (χ1n) is 7.18. The van der Waals surface area contributed by atoms with Crippen molar-refractivity contribution in [2.24, 2.45) is 11.8 Å². The number of amides is 1. The van der Waals surface area contributed by atoms with Crippen molar-refractivity contribution in [1.29, 1.82) is 0 Å². The van der Waals surface area contributed by atoms with Gasteiger partial charge in [0.2, 0.25) is 5.91 Å². The van der Waals surface area contributed by atoms with Crippen molar-refractivity contribution in [3.8, 4) is 0 Å². The highest BCUT2D eigenvalue weighted by Crippen LogP contribution is 2.28. The standard InChI is InChI=1S/C14H28N2O/c1-4-11(3)10-13(5-2)15-8-9-16-14(17)12-6-7-12/h11-13,15H,4-10H2,1-3H3,(H,16,17). The zero-order valence-electron chi connectivity index (χ0n) is 11.6. The number of nitrogens with one attached hydrogen (secondary N) is 2. The molecular formula is C14H28N2O. The predicted octanol–water partition coefficient (Wildman–Crippen LogP) is 2.32. The third kappa shape index (κ3) is 6.06. The van der Waals surface area contributed by atoms with Crippen LogP contribution in [0.25, 0.3) is 0 Å². The maximum atomic E-state index is 11.4. The normalized spacial score (nSPS) is 18.8. The Morgan fingerprint density at radius 2 is 1.94 bits per heavy atom. The van der Waals surface area contributed by atoms with Gasteiger partial charge in [-0.2, -0.15) is 0 Å². The fourth-order valence-corrected chi connectivity index (χ4v) is 2.00. The first-order chi connectivity index (χ1) is 8.17. The summed E-state index contributed by atoms with van der Waals surface area (Å²) < 4.78 is 0. The van der Waals surface area contributed by atoms with Gasteiger partial charge in [-0.05, 0) is 31.6 Å². The highest BCUT2D eigenvalue weighted by Gasteiger charge is 2.28. The van der Waals surface area contributed by atoms with Crippen molar-refractivity contribution in [1.82, 2.24) is 10.6 Å². The second-order valence-corrected chi connectivity index (χ2v) is 5.37. The van der Waals surface area contributed by atoms with Gasteiger partial charge in [0.25, 0.3) is 0 Å². The molecule has 1 amide bonds. The number of carbonyl (C=O) groups excluding carboxylic acids is 1. The third-order valence-corrected chi connectivity index (χ3v) is 3.68. The molecule has 2 unspecified atom stereocenters. The van der Waals surface area contributed by atoms with Gasteiger partial charge < -0.3 is 10.6 Å². The molecule has 1 aliphatic rings. The lowest BCUT2D eigenvalue weighted by molar-refractivity contribution is -0.122. The predicted molar refractivity (Wildman–Crippen MR) is 71.9 cm³/mol. The Bertz CT molecular complexity index is 226. The van der Waals surface area contributed by atoms with Crippen LogP contribution in [0.2, 0.25) is 0 Å². The Morgan fingerprint density at radius 3 is 2.47 bits per heavy atom. The quantitative estimate of drug-likeness (QED) is 0.607. The van der Waals surface area contributed by atoms with Gasteiger partial charge >= 0.3 is 0 Å². The van der Waals surface area contributed by atoms with Gasteiger partial charge in [-0.1, -0.05) is 27.2 Å². The molecule has 0 aromatic carbocycles. The van der Waals surface area contributed by atoms with Crippen LogP contribution in [-0.4, -0.2) is 25.0 Å². The lowest BCUT2D eigenvalue weighted by Crippen LogP contribution is -2.38. The monoisotopic (exact) mass is 240 g/mol. The summed E-state index contributed by atoms with van der Waals surface area (Å²) in [5, 5.41) is 6.52. The molecule has 0 aromatic heterocycles. The van der Waals surface area contributed by atoms with Gasteiger partial charge in [0, 0.05) is 25.0 Å². The Hall–Kier alpha value is -0.570. The molecule has 2 atom stereocenters. The fraction of sp³-hybridized carbons (Fsp3) is 0.929. The highest BCUT2D eigenvalue weighted by atomic mass is 16.2. The van der Waals surface area contributed by atoms with Crippen LogP contribution >= 0.6 is 0 Å². The van der Waals surface area contributed by atoms with Gasteiger partial charge in [-0.15, -0.1) is 0 Å². The van der Waals surface area contributed by atoms with E-state index in [1.807, 2.05) is 0 Å². The number of carbonyl (C=O) groups is 1. The van der Waals surface area contributed by atoms with Crippen molar-refractivity contribution in [3.05, 3.63) is 0 Å². The van der Waals surface area contributed by atoms with E-state index in [2.05, 4.69) is 31.4 Å². The maximum absolute atomic E-state index is 11.4. The molecule has 1 aliphatic carbocycles. The molecule has 0 aromatic rings. The van der Waals surface area contributed by atoms with E-state index in [4.69, 9.17) is 0 Å². The molecule has 0 saturated heterocycles. The summed E-state index contributed by atoms with van der Waals surface area (Å²) in [6.07, 6.45) is 5.83. The van der Waals surface area contributed by atoms with E-state index in [9.17, 15) is 4.79 Å². The topological polar surface area (TPSA) is 41.1 Å². The average Bonchev–Trinajstić information content (AvgIpc) is 3.16. The summed E-state index contributed by atoms with van der Waals surface area (Å²) in [4.78, 5) is 11.4. The SMILES string of the molecule is CCC(C)CC(CC)NCCNC(=O)C1CC1. The molecule has 0 aliphatic heterocycles. The Morgan fingerprint density at radius 1 is 1.24 bits per heavy atom.